The first kappa shape index (κ1) is 19.4. The van der Waals surface area contributed by atoms with E-state index in [1.54, 1.807) is 6.08 Å². The number of anilines is 1. The van der Waals surface area contributed by atoms with Crippen molar-refractivity contribution in [2.75, 3.05) is 11.9 Å². The first-order chi connectivity index (χ1) is 12.8. The molecule has 0 radical (unpaired) electrons. The molecule has 0 spiro atoms. The van der Waals surface area contributed by atoms with Crippen LogP contribution < -0.4 is 4.90 Å². The van der Waals surface area contributed by atoms with Crippen LogP contribution in [0.4, 0.5) is 5.69 Å². The van der Waals surface area contributed by atoms with Crippen molar-refractivity contribution in [2.45, 2.75) is 50.1 Å². The van der Waals surface area contributed by atoms with Crippen LogP contribution in [0, 0.1) is 6.92 Å². The molecule has 1 unspecified atom stereocenters. The Morgan fingerprint density at radius 3 is 2.70 bits per heavy atom. The normalized spacial score (nSPS) is 17.8. The second-order valence-corrected chi connectivity index (χ2v) is 8.63. The second kappa shape index (κ2) is 7.35. The van der Waals surface area contributed by atoms with Gasteiger partial charge >= 0.3 is 0 Å². The third-order valence-corrected chi connectivity index (χ3v) is 6.21. The number of nitrogens with zero attached hydrogens (tertiary/aromatic N) is 4. The molecule has 27 heavy (non-hydrogen) atoms. The molecule has 0 N–H and O–H groups in total. The highest BCUT2D eigenvalue weighted by Crippen LogP contribution is 2.46. The van der Waals surface area contributed by atoms with Crippen molar-refractivity contribution >= 4 is 23.2 Å². The van der Waals surface area contributed by atoms with Crippen LogP contribution in [0.5, 0.6) is 0 Å². The number of fused-ring (bicyclic) bond motifs is 1. The van der Waals surface area contributed by atoms with E-state index < -0.39 is 0 Å². The van der Waals surface area contributed by atoms with Gasteiger partial charge in [0.1, 0.15) is 5.82 Å². The number of thioether (sulfide) groups is 1. The van der Waals surface area contributed by atoms with E-state index >= 15 is 0 Å². The lowest BCUT2D eigenvalue weighted by atomic mass is 9.83. The largest absolute Gasteiger partial charge is 0.347 e. The van der Waals surface area contributed by atoms with Gasteiger partial charge in [-0.3, -0.25) is 4.79 Å². The monoisotopic (exact) mass is 382 g/mol. The predicted molar refractivity (Wildman–Crippen MR) is 111 cm³/mol. The van der Waals surface area contributed by atoms with Crippen LogP contribution >= 0.6 is 11.8 Å². The molecule has 142 valence electrons. The zero-order chi connectivity index (χ0) is 19.8. The molecule has 0 aliphatic carbocycles. The topological polar surface area (TPSA) is 51.0 Å². The number of likely N-dealkylation sites (N-methyl/N-ethyl adjacent to an activating group) is 1. The van der Waals surface area contributed by atoms with Gasteiger partial charge in [-0.25, -0.2) is 0 Å². The van der Waals surface area contributed by atoms with E-state index in [4.69, 9.17) is 0 Å². The van der Waals surface area contributed by atoms with Gasteiger partial charge in [-0.1, -0.05) is 49.9 Å². The van der Waals surface area contributed by atoms with Gasteiger partial charge in [0.25, 0.3) is 0 Å². The summed E-state index contributed by atoms with van der Waals surface area (Å²) in [6.45, 7) is 12.6. The summed E-state index contributed by atoms with van der Waals surface area (Å²) in [6, 6.07) is 8.31. The molecule has 1 atom stereocenters. The van der Waals surface area contributed by atoms with Gasteiger partial charge in [0, 0.05) is 36.5 Å². The van der Waals surface area contributed by atoms with Crippen molar-refractivity contribution in [3.63, 3.8) is 0 Å². The van der Waals surface area contributed by atoms with Gasteiger partial charge in [-0.15, -0.1) is 16.8 Å². The van der Waals surface area contributed by atoms with Crippen LogP contribution in [0.2, 0.25) is 0 Å². The molecule has 3 rings (SSSR count). The Kier molecular flexibility index (Phi) is 5.29. The SMILES string of the molecule is C=CCn1c(C)nnc1SC(C)C(=O)C=C1N(C)c2ccccc2C1(C)C. The maximum atomic E-state index is 13.0. The van der Waals surface area contributed by atoms with Crippen molar-refractivity contribution in [3.05, 3.63) is 60.1 Å². The Morgan fingerprint density at radius 2 is 2.04 bits per heavy atom. The Labute approximate surface area is 165 Å². The molecule has 2 heterocycles. The summed E-state index contributed by atoms with van der Waals surface area (Å²) >= 11 is 1.44. The molecule has 0 amide bonds. The fourth-order valence-electron chi connectivity index (χ4n) is 3.52. The van der Waals surface area contributed by atoms with Gasteiger partial charge in [0.2, 0.25) is 0 Å². The van der Waals surface area contributed by atoms with Gasteiger partial charge in [0.15, 0.2) is 10.9 Å². The fourth-order valence-corrected chi connectivity index (χ4v) is 4.44. The van der Waals surface area contributed by atoms with Crippen LogP contribution in [0.15, 0.2) is 53.8 Å². The van der Waals surface area contributed by atoms with Crippen LogP contribution in [0.1, 0.15) is 32.2 Å². The minimum absolute atomic E-state index is 0.0773. The lowest BCUT2D eigenvalue weighted by Crippen LogP contribution is -2.25. The van der Waals surface area contributed by atoms with Crippen molar-refractivity contribution in [2.24, 2.45) is 0 Å². The summed E-state index contributed by atoms with van der Waals surface area (Å²) in [5, 5.41) is 8.82. The van der Waals surface area contributed by atoms with Crippen LogP contribution in [0.25, 0.3) is 0 Å². The zero-order valence-corrected chi connectivity index (χ0v) is 17.4. The number of hydrogen-bond donors (Lipinski definition) is 0. The summed E-state index contributed by atoms with van der Waals surface area (Å²) in [5.74, 6) is 0.899. The van der Waals surface area contributed by atoms with E-state index in [1.807, 2.05) is 43.7 Å². The van der Waals surface area contributed by atoms with Crippen molar-refractivity contribution in [3.8, 4) is 0 Å². The highest BCUT2D eigenvalue weighted by molar-refractivity contribution is 8.00. The number of para-hydroxylation sites is 1. The Bertz CT molecular complexity index is 913. The summed E-state index contributed by atoms with van der Waals surface area (Å²) in [5.41, 5.74) is 3.21. The van der Waals surface area contributed by atoms with Gasteiger partial charge in [0.05, 0.1) is 5.25 Å². The number of rotatable bonds is 6. The van der Waals surface area contributed by atoms with E-state index in [2.05, 4.69) is 47.7 Å². The number of aromatic nitrogens is 3. The molecule has 5 nitrogen and oxygen atoms in total. The third kappa shape index (κ3) is 3.46. The number of carbonyl (C=O) groups excluding carboxylic acids is 1. The molecular weight excluding hydrogens is 356 g/mol. The third-order valence-electron chi connectivity index (χ3n) is 5.12. The summed E-state index contributed by atoms with van der Waals surface area (Å²) in [4.78, 5) is 15.1. The van der Waals surface area contributed by atoms with E-state index in [0.29, 0.717) is 6.54 Å². The highest BCUT2D eigenvalue weighted by Gasteiger charge is 2.38. The number of aryl methyl sites for hydroxylation is 1. The minimum atomic E-state index is -0.252. The minimum Gasteiger partial charge on any atom is -0.347 e. The Balaban J connectivity index is 1.84. The van der Waals surface area contributed by atoms with Crippen molar-refractivity contribution < 1.29 is 4.79 Å². The highest BCUT2D eigenvalue weighted by atomic mass is 32.2. The first-order valence-corrected chi connectivity index (χ1v) is 9.92. The first-order valence-electron chi connectivity index (χ1n) is 9.04. The molecule has 0 bridgehead atoms. The number of benzene rings is 1. The predicted octanol–water partition coefficient (Wildman–Crippen LogP) is 4.13. The smallest absolute Gasteiger partial charge is 0.192 e. The van der Waals surface area contributed by atoms with E-state index in [0.717, 1.165) is 22.4 Å². The Hall–Kier alpha value is -2.34. The van der Waals surface area contributed by atoms with Crippen molar-refractivity contribution in [1.82, 2.24) is 14.8 Å². The van der Waals surface area contributed by atoms with E-state index in [1.165, 1.54) is 17.3 Å². The van der Waals surface area contributed by atoms with Crippen LogP contribution in [0.3, 0.4) is 0 Å². The van der Waals surface area contributed by atoms with E-state index in [-0.39, 0.29) is 16.4 Å². The molecule has 0 saturated heterocycles. The second-order valence-electron chi connectivity index (χ2n) is 7.32. The standard InChI is InChI=1S/C21H26N4OS/c1-7-12-25-15(3)22-23-20(25)27-14(2)18(26)13-19-21(4,5)16-10-8-9-11-17(16)24(19)6/h7-11,13-14H,1,12H2,2-6H3. The van der Waals surface area contributed by atoms with E-state index in [9.17, 15) is 4.79 Å². The van der Waals surface area contributed by atoms with Crippen molar-refractivity contribution in [1.29, 1.82) is 0 Å². The number of carbonyl (C=O) groups is 1. The number of hydrogen-bond acceptors (Lipinski definition) is 5. The molecular formula is C21H26N4OS. The molecule has 1 aromatic heterocycles. The molecule has 6 heteroatoms. The number of allylic oxidation sites excluding steroid dienone is 3. The van der Waals surface area contributed by atoms with Gasteiger partial charge in [-0.05, 0) is 25.5 Å². The quantitative estimate of drug-likeness (QED) is 0.427. The zero-order valence-electron chi connectivity index (χ0n) is 16.6. The molecule has 1 aliphatic heterocycles. The van der Waals surface area contributed by atoms with Gasteiger partial charge < -0.3 is 9.47 Å². The lowest BCUT2D eigenvalue weighted by Gasteiger charge is -2.24. The number of ketones is 1. The molecule has 2 aromatic rings. The molecule has 1 aromatic carbocycles. The summed E-state index contributed by atoms with van der Waals surface area (Å²) in [6.07, 6.45) is 3.60. The van der Waals surface area contributed by atoms with Crippen LogP contribution in [-0.2, 0) is 16.8 Å². The maximum absolute atomic E-state index is 13.0. The summed E-state index contributed by atoms with van der Waals surface area (Å²) in [7, 11) is 2.02. The summed E-state index contributed by atoms with van der Waals surface area (Å²) < 4.78 is 1.97. The molecule has 0 saturated carbocycles. The lowest BCUT2D eigenvalue weighted by molar-refractivity contribution is -0.114. The average Bonchev–Trinajstić information content (AvgIpc) is 3.07. The maximum Gasteiger partial charge on any atom is 0.192 e. The van der Waals surface area contributed by atoms with Gasteiger partial charge in [-0.2, -0.15) is 0 Å². The molecule has 0 fully saturated rings. The molecule has 1 aliphatic rings. The fraction of sp³-hybridized carbons (Fsp3) is 0.381. The van der Waals surface area contributed by atoms with Crippen LogP contribution in [-0.4, -0.2) is 32.8 Å². The average molecular weight is 383 g/mol. The Morgan fingerprint density at radius 1 is 1.33 bits per heavy atom.